The third-order valence-corrected chi connectivity index (χ3v) is 2.80. The summed E-state index contributed by atoms with van der Waals surface area (Å²) in [5.41, 5.74) is 0. The van der Waals surface area contributed by atoms with Crippen molar-refractivity contribution in [1.82, 2.24) is 14.7 Å². The first-order valence-corrected chi connectivity index (χ1v) is 5.61. The summed E-state index contributed by atoms with van der Waals surface area (Å²) >= 11 is 0. The van der Waals surface area contributed by atoms with Gasteiger partial charge < -0.3 is 19.4 Å². The van der Waals surface area contributed by atoms with E-state index in [-0.39, 0.29) is 25.0 Å². The zero-order chi connectivity index (χ0) is 12.8. The lowest BCUT2D eigenvalue weighted by Crippen LogP contribution is -2.49. The van der Waals surface area contributed by atoms with Crippen molar-refractivity contribution in [3.05, 3.63) is 7.05 Å². The number of nitrogens with zero attached hydrogens (tertiary/aromatic N) is 3. The molecule has 98 valence electrons. The Kier molecular flexibility index (Phi) is 5.37. The highest BCUT2D eigenvalue weighted by atomic mass is 16.5. The number of hydrogen-bond acceptors (Lipinski definition) is 5. The highest BCUT2D eigenvalue weighted by molar-refractivity contribution is 5.79. The van der Waals surface area contributed by atoms with Crippen molar-refractivity contribution < 1.29 is 14.3 Å². The second kappa shape index (κ2) is 6.56. The van der Waals surface area contributed by atoms with Crippen molar-refractivity contribution in [3.63, 3.8) is 0 Å². The quantitative estimate of drug-likeness (QED) is 0.469. The van der Waals surface area contributed by atoms with E-state index in [0.29, 0.717) is 0 Å². The Labute approximate surface area is 102 Å². The van der Waals surface area contributed by atoms with Crippen LogP contribution in [0.4, 0.5) is 0 Å². The number of amides is 1. The van der Waals surface area contributed by atoms with Crippen LogP contribution in [0.2, 0.25) is 0 Å². The molecule has 0 radical (unpaired) electrons. The van der Waals surface area contributed by atoms with E-state index in [4.69, 9.17) is 0 Å². The van der Waals surface area contributed by atoms with Gasteiger partial charge in [0, 0.05) is 26.2 Å². The monoisotopic (exact) mass is 242 g/mol. The van der Waals surface area contributed by atoms with Gasteiger partial charge >= 0.3 is 5.97 Å². The molecule has 1 amide bonds. The van der Waals surface area contributed by atoms with E-state index in [2.05, 4.69) is 16.7 Å². The van der Waals surface area contributed by atoms with E-state index in [1.54, 1.807) is 4.90 Å². The highest BCUT2D eigenvalue weighted by Gasteiger charge is 2.19. The molecular weight excluding hydrogens is 222 g/mol. The first-order chi connectivity index (χ1) is 8.02. The number of esters is 1. The lowest BCUT2D eigenvalue weighted by atomic mass is 10.3. The van der Waals surface area contributed by atoms with Crippen molar-refractivity contribution in [1.29, 1.82) is 0 Å². The van der Waals surface area contributed by atoms with Crippen LogP contribution in [0, 0.1) is 7.05 Å². The predicted octanol–water partition coefficient (Wildman–Crippen LogP) is -0.973. The third kappa shape index (κ3) is 4.70. The normalized spacial score (nSPS) is 17.3. The van der Waals surface area contributed by atoms with Gasteiger partial charge in [-0.05, 0) is 7.05 Å². The van der Waals surface area contributed by atoms with Crippen LogP contribution >= 0.6 is 0 Å². The van der Waals surface area contributed by atoms with Crippen LogP contribution in [0.5, 0.6) is 0 Å². The summed E-state index contributed by atoms with van der Waals surface area (Å²) in [6.45, 7) is 3.44. The van der Waals surface area contributed by atoms with Gasteiger partial charge in [-0.15, -0.1) is 0 Å². The predicted molar refractivity (Wildman–Crippen MR) is 63.0 cm³/mol. The molecule has 0 aliphatic carbocycles. The van der Waals surface area contributed by atoms with Gasteiger partial charge in [-0.1, -0.05) is 0 Å². The van der Waals surface area contributed by atoms with E-state index in [1.165, 1.54) is 12.0 Å². The second-order valence-electron chi connectivity index (χ2n) is 4.25. The van der Waals surface area contributed by atoms with E-state index < -0.39 is 0 Å². The molecule has 0 spiro atoms. The number of methoxy groups -OCH3 is 1. The molecule has 0 unspecified atom stereocenters. The second-order valence-corrected chi connectivity index (χ2v) is 4.25. The standard InChI is InChI=1S/C11H20N3O3/c1-12-4-6-14(7-5-12)10(15)8-13(2)9-11(16)17-3/h2,4-9H2,1,3H3/q-1. The fourth-order valence-electron chi connectivity index (χ4n) is 1.65. The van der Waals surface area contributed by atoms with Crippen LogP contribution in [-0.4, -0.2) is 80.0 Å². The summed E-state index contributed by atoms with van der Waals surface area (Å²) < 4.78 is 4.51. The Morgan fingerprint density at radius 2 is 1.82 bits per heavy atom. The molecule has 6 heteroatoms. The molecule has 0 aromatic heterocycles. The van der Waals surface area contributed by atoms with Crippen LogP contribution in [0.15, 0.2) is 0 Å². The minimum absolute atomic E-state index is 0.0111. The van der Waals surface area contributed by atoms with Gasteiger partial charge in [0.15, 0.2) is 0 Å². The molecule has 1 saturated heterocycles. The molecule has 1 heterocycles. The maximum Gasteiger partial charge on any atom is 0.317 e. The Morgan fingerprint density at radius 3 is 2.35 bits per heavy atom. The number of ether oxygens (including phenoxy) is 1. The maximum absolute atomic E-state index is 11.9. The van der Waals surface area contributed by atoms with Gasteiger partial charge in [0.2, 0.25) is 5.91 Å². The van der Waals surface area contributed by atoms with Crippen LogP contribution in [0.1, 0.15) is 0 Å². The van der Waals surface area contributed by atoms with E-state index in [0.717, 1.165) is 26.2 Å². The largest absolute Gasteiger partial charge is 0.468 e. The Bertz CT molecular complexity index is 275. The Hall–Kier alpha value is -1.14. The first kappa shape index (κ1) is 13.9. The van der Waals surface area contributed by atoms with Gasteiger partial charge in [0.05, 0.1) is 20.2 Å². The minimum atomic E-state index is -0.383. The summed E-state index contributed by atoms with van der Waals surface area (Å²) in [6.07, 6.45) is 0. The van der Waals surface area contributed by atoms with Crippen molar-refractivity contribution in [2.45, 2.75) is 0 Å². The molecule has 6 nitrogen and oxygen atoms in total. The SMILES string of the molecule is [CH2-]N(CC(=O)OC)CC(=O)N1CCN(C)CC1. The summed E-state index contributed by atoms with van der Waals surface area (Å²) in [6, 6.07) is 0. The molecule has 1 aliphatic rings. The summed E-state index contributed by atoms with van der Waals surface area (Å²) in [4.78, 5) is 28.3. The molecule has 0 saturated carbocycles. The van der Waals surface area contributed by atoms with Crippen molar-refractivity contribution in [2.75, 3.05) is 53.4 Å². The molecule has 0 aromatic carbocycles. The minimum Gasteiger partial charge on any atom is -0.468 e. The molecule has 0 atom stereocenters. The van der Waals surface area contributed by atoms with Crippen LogP contribution in [-0.2, 0) is 14.3 Å². The average Bonchev–Trinajstić information content (AvgIpc) is 2.29. The number of likely N-dealkylation sites (N-methyl/N-ethyl adjacent to an activating group) is 1. The third-order valence-electron chi connectivity index (χ3n) is 2.80. The highest BCUT2D eigenvalue weighted by Crippen LogP contribution is 2.00. The molecule has 17 heavy (non-hydrogen) atoms. The Balaban J connectivity index is 2.31. The number of carbonyl (C=O) groups is 2. The van der Waals surface area contributed by atoms with Crippen LogP contribution in [0.3, 0.4) is 0 Å². The lowest BCUT2D eigenvalue weighted by Gasteiger charge is -2.34. The van der Waals surface area contributed by atoms with Crippen molar-refractivity contribution in [2.24, 2.45) is 0 Å². The van der Waals surface area contributed by atoms with Gasteiger partial charge in [-0.2, -0.15) is 0 Å². The van der Waals surface area contributed by atoms with Gasteiger partial charge in [-0.3, -0.25) is 16.6 Å². The zero-order valence-corrected chi connectivity index (χ0v) is 10.5. The Morgan fingerprint density at radius 1 is 1.24 bits per heavy atom. The van der Waals surface area contributed by atoms with Crippen molar-refractivity contribution in [3.8, 4) is 0 Å². The van der Waals surface area contributed by atoms with Gasteiger partial charge in [0.25, 0.3) is 0 Å². The fraction of sp³-hybridized carbons (Fsp3) is 0.727. The molecule has 0 N–H and O–H groups in total. The first-order valence-electron chi connectivity index (χ1n) is 5.61. The summed E-state index contributed by atoms with van der Waals surface area (Å²) in [7, 11) is 7.00. The van der Waals surface area contributed by atoms with Gasteiger partial charge in [0.1, 0.15) is 0 Å². The van der Waals surface area contributed by atoms with E-state index in [9.17, 15) is 9.59 Å². The molecular formula is C11H20N3O3-. The number of piperazine rings is 1. The number of hydrogen-bond donors (Lipinski definition) is 0. The molecule has 1 aliphatic heterocycles. The van der Waals surface area contributed by atoms with Crippen molar-refractivity contribution >= 4 is 11.9 Å². The fourth-order valence-corrected chi connectivity index (χ4v) is 1.65. The molecule has 0 aromatic rings. The summed E-state index contributed by atoms with van der Waals surface area (Å²) in [5, 5.41) is 0. The van der Waals surface area contributed by atoms with E-state index in [1.807, 2.05) is 7.05 Å². The van der Waals surface area contributed by atoms with Gasteiger partial charge in [-0.25, -0.2) is 0 Å². The lowest BCUT2D eigenvalue weighted by molar-refractivity contribution is -0.142. The number of carbonyl (C=O) groups excluding carboxylic acids is 2. The van der Waals surface area contributed by atoms with Crippen LogP contribution < -0.4 is 0 Å². The zero-order valence-electron chi connectivity index (χ0n) is 10.5. The smallest absolute Gasteiger partial charge is 0.317 e. The molecule has 0 bridgehead atoms. The molecule has 1 fully saturated rings. The van der Waals surface area contributed by atoms with Crippen LogP contribution in [0.25, 0.3) is 0 Å². The summed E-state index contributed by atoms with van der Waals surface area (Å²) in [5.74, 6) is -0.372. The number of rotatable bonds is 4. The maximum atomic E-state index is 11.9. The van der Waals surface area contributed by atoms with E-state index >= 15 is 0 Å². The topological polar surface area (TPSA) is 53.1 Å². The molecule has 1 rings (SSSR count). The average molecular weight is 242 g/mol.